The topological polar surface area (TPSA) is 51.1 Å². The largest absolute Gasteiger partial charge is 0.352 e. The molecule has 0 atom stereocenters. The van der Waals surface area contributed by atoms with E-state index in [1.807, 2.05) is 24.3 Å². The molecule has 144 valence electrons. The van der Waals surface area contributed by atoms with Crippen LogP contribution in [0.2, 0.25) is 0 Å². The quantitative estimate of drug-likeness (QED) is 0.667. The van der Waals surface area contributed by atoms with Gasteiger partial charge in [0, 0.05) is 28.7 Å². The molecule has 1 heterocycles. The van der Waals surface area contributed by atoms with Gasteiger partial charge in [-0.05, 0) is 31.0 Å². The molecule has 0 bridgehead atoms. The molecule has 1 saturated carbocycles. The van der Waals surface area contributed by atoms with E-state index in [4.69, 9.17) is 0 Å². The molecule has 1 amide bonds. The molecule has 4 nitrogen and oxygen atoms in total. The van der Waals surface area contributed by atoms with Crippen molar-refractivity contribution in [2.45, 2.75) is 44.7 Å². The Morgan fingerprint density at radius 2 is 1.68 bits per heavy atom. The second-order valence-electron chi connectivity index (χ2n) is 7.40. The highest BCUT2D eigenvalue weighted by atomic mass is 19.1. The summed E-state index contributed by atoms with van der Waals surface area (Å²) in [5.41, 5.74) is 1.24. The van der Waals surface area contributed by atoms with Crippen LogP contribution in [0.25, 0.3) is 10.9 Å². The number of benzene rings is 2. The van der Waals surface area contributed by atoms with Crippen LogP contribution in [0.3, 0.4) is 0 Å². The Hall–Kier alpha value is -2.95. The summed E-state index contributed by atoms with van der Waals surface area (Å²) in [6.07, 6.45) is 7.25. The lowest BCUT2D eigenvalue weighted by molar-refractivity contribution is -0.122. The highest BCUT2D eigenvalue weighted by molar-refractivity contribution is 6.16. The van der Waals surface area contributed by atoms with Gasteiger partial charge < -0.3 is 9.88 Å². The van der Waals surface area contributed by atoms with Gasteiger partial charge in [-0.25, -0.2) is 4.39 Å². The highest BCUT2D eigenvalue weighted by Gasteiger charge is 2.21. The second kappa shape index (κ2) is 7.97. The standard InChI is InChI=1S/C23H23FN2O2/c24-20-12-6-4-11-18(20)23(28)19-14-26(21-13-7-5-10-17(19)21)15-22(27)25-16-8-2-1-3-9-16/h4-7,10-14,16H,1-3,8-9,15H2,(H,25,27). The molecule has 1 N–H and O–H groups in total. The number of fused-ring (bicyclic) bond motifs is 1. The van der Waals surface area contributed by atoms with Crippen LogP contribution in [-0.2, 0) is 11.3 Å². The molecule has 3 aromatic rings. The summed E-state index contributed by atoms with van der Waals surface area (Å²) in [6.45, 7) is 0.140. The monoisotopic (exact) mass is 378 g/mol. The van der Waals surface area contributed by atoms with Crippen LogP contribution in [-0.4, -0.2) is 22.3 Å². The molecule has 5 heteroatoms. The lowest BCUT2D eigenvalue weighted by Gasteiger charge is -2.22. The van der Waals surface area contributed by atoms with Gasteiger partial charge in [0.1, 0.15) is 12.4 Å². The van der Waals surface area contributed by atoms with Crippen LogP contribution >= 0.6 is 0 Å². The molecule has 0 saturated heterocycles. The molecule has 1 aliphatic rings. The maximum atomic E-state index is 14.1. The van der Waals surface area contributed by atoms with E-state index in [1.165, 1.54) is 18.6 Å². The number of nitrogens with zero attached hydrogens (tertiary/aromatic N) is 1. The van der Waals surface area contributed by atoms with Crippen molar-refractivity contribution in [1.82, 2.24) is 9.88 Å². The maximum absolute atomic E-state index is 14.1. The van der Waals surface area contributed by atoms with Gasteiger partial charge in [0.2, 0.25) is 5.91 Å². The van der Waals surface area contributed by atoms with E-state index in [2.05, 4.69) is 5.32 Å². The number of aromatic nitrogens is 1. The van der Waals surface area contributed by atoms with Gasteiger partial charge in [0.15, 0.2) is 5.78 Å². The van der Waals surface area contributed by atoms with Gasteiger partial charge >= 0.3 is 0 Å². The summed E-state index contributed by atoms with van der Waals surface area (Å²) >= 11 is 0. The SMILES string of the molecule is O=C(Cn1cc(C(=O)c2ccccc2F)c2ccccc21)NC1CCCCC1. The van der Waals surface area contributed by atoms with Crippen molar-refractivity contribution in [2.75, 3.05) is 0 Å². The zero-order valence-corrected chi connectivity index (χ0v) is 15.7. The number of amides is 1. The number of para-hydroxylation sites is 1. The van der Waals surface area contributed by atoms with Gasteiger partial charge in [-0.2, -0.15) is 0 Å². The first kappa shape index (κ1) is 18.4. The van der Waals surface area contributed by atoms with Crippen LogP contribution < -0.4 is 5.32 Å². The van der Waals surface area contributed by atoms with Gasteiger partial charge in [0.25, 0.3) is 0 Å². The molecular formula is C23H23FN2O2. The maximum Gasteiger partial charge on any atom is 0.240 e. The summed E-state index contributed by atoms with van der Waals surface area (Å²) in [5, 5.41) is 3.83. The first-order chi connectivity index (χ1) is 13.6. The number of ketones is 1. The van der Waals surface area contributed by atoms with Crippen molar-refractivity contribution >= 4 is 22.6 Å². The first-order valence-corrected chi connectivity index (χ1v) is 9.80. The van der Waals surface area contributed by atoms with Gasteiger partial charge in [-0.1, -0.05) is 49.6 Å². The number of hydrogen-bond donors (Lipinski definition) is 1. The number of nitrogens with one attached hydrogen (secondary N) is 1. The Morgan fingerprint density at radius 1 is 0.964 bits per heavy atom. The van der Waals surface area contributed by atoms with E-state index in [-0.39, 0.29) is 29.8 Å². The number of rotatable bonds is 5. The molecular weight excluding hydrogens is 355 g/mol. The Bertz CT molecular complexity index is 1020. The second-order valence-corrected chi connectivity index (χ2v) is 7.40. The lowest BCUT2D eigenvalue weighted by atomic mass is 9.95. The number of carbonyl (C=O) groups is 2. The molecule has 2 aromatic carbocycles. The summed E-state index contributed by atoms with van der Waals surface area (Å²) in [5.74, 6) is -0.974. The average molecular weight is 378 g/mol. The molecule has 28 heavy (non-hydrogen) atoms. The first-order valence-electron chi connectivity index (χ1n) is 9.80. The van der Waals surface area contributed by atoms with Crippen molar-refractivity contribution in [3.63, 3.8) is 0 Å². The summed E-state index contributed by atoms with van der Waals surface area (Å²) in [6, 6.07) is 13.6. The van der Waals surface area contributed by atoms with Crippen molar-refractivity contribution in [1.29, 1.82) is 0 Å². The fourth-order valence-corrected chi connectivity index (χ4v) is 4.02. The summed E-state index contributed by atoms with van der Waals surface area (Å²) in [7, 11) is 0. The third kappa shape index (κ3) is 3.70. The van der Waals surface area contributed by atoms with Gasteiger partial charge in [0.05, 0.1) is 5.56 Å². The van der Waals surface area contributed by atoms with Crippen molar-refractivity contribution in [3.05, 3.63) is 71.7 Å². The van der Waals surface area contributed by atoms with Crippen LogP contribution in [0.1, 0.15) is 48.0 Å². The Kier molecular flexibility index (Phi) is 5.24. The van der Waals surface area contributed by atoms with Crippen LogP contribution in [0, 0.1) is 5.82 Å². The minimum Gasteiger partial charge on any atom is -0.352 e. The van der Waals surface area contributed by atoms with E-state index < -0.39 is 5.82 Å². The zero-order chi connectivity index (χ0) is 19.5. The van der Waals surface area contributed by atoms with E-state index in [0.717, 1.165) is 36.6 Å². The number of hydrogen-bond acceptors (Lipinski definition) is 2. The fraction of sp³-hybridized carbons (Fsp3) is 0.304. The fourth-order valence-electron chi connectivity index (χ4n) is 4.02. The normalized spacial score (nSPS) is 14.9. The Morgan fingerprint density at radius 3 is 2.46 bits per heavy atom. The molecule has 4 rings (SSSR count). The molecule has 0 spiro atoms. The molecule has 1 aromatic heterocycles. The highest BCUT2D eigenvalue weighted by Crippen LogP contribution is 2.25. The Labute approximate surface area is 163 Å². The van der Waals surface area contributed by atoms with Crippen LogP contribution in [0.5, 0.6) is 0 Å². The predicted octanol–water partition coefficient (Wildman–Crippen LogP) is 4.46. The van der Waals surface area contributed by atoms with E-state index >= 15 is 0 Å². The van der Waals surface area contributed by atoms with E-state index in [1.54, 1.807) is 22.9 Å². The third-order valence-electron chi connectivity index (χ3n) is 5.44. The summed E-state index contributed by atoms with van der Waals surface area (Å²) in [4.78, 5) is 25.5. The third-order valence-corrected chi connectivity index (χ3v) is 5.44. The van der Waals surface area contributed by atoms with Crippen LogP contribution in [0.15, 0.2) is 54.7 Å². The van der Waals surface area contributed by atoms with Crippen molar-refractivity contribution in [3.8, 4) is 0 Å². The minimum atomic E-state index is -0.542. The smallest absolute Gasteiger partial charge is 0.240 e. The minimum absolute atomic E-state index is 0.0389. The summed E-state index contributed by atoms with van der Waals surface area (Å²) < 4.78 is 15.9. The predicted molar refractivity (Wildman–Crippen MR) is 107 cm³/mol. The number of halogens is 1. The molecule has 0 aliphatic heterocycles. The van der Waals surface area contributed by atoms with Crippen molar-refractivity contribution < 1.29 is 14.0 Å². The van der Waals surface area contributed by atoms with Gasteiger partial charge in [-0.15, -0.1) is 0 Å². The zero-order valence-electron chi connectivity index (χ0n) is 15.7. The van der Waals surface area contributed by atoms with Crippen molar-refractivity contribution in [2.24, 2.45) is 0 Å². The van der Waals surface area contributed by atoms with Gasteiger partial charge in [-0.3, -0.25) is 9.59 Å². The van der Waals surface area contributed by atoms with Crippen LogP contribution in [0.4, 0.5) is 4.39 Å². The molecule has 1 aliphatic carbocycles. The average Bonchev–Trinajstić information content (AvgIpc) is 3.07. The lowest BCUT2D eigenvalue weighted by Crippen LogP contribution is -2.38. The Balaban J connectivity index is 1.62. The molecule has 0 radical (unpaired) electrons. The van der Waals surface area contributed by atoms with E-state index in [9.17, 15) is 14.0 Å². The number of carbonyl (C=O) groups excluding carboxylic acids is 2. The molecule has 0 unspecified atom stereocenters. The molecule has 1 fully saturated rings. The van der Waals surface area contributed by atoms with E-state index in [0.29, 0.717) is 5.56 Å².